The highest BCUT2D eigenvalue weighted by Gasteiger charge is 2.58. The number of esters is 2. The normalized spacial score (nSPS) is 27.2. The second-order valence-corrected chi connectivity index (χ2v) is 15.1. The summed E-state index contributed by atoms with van der Waals surface area (Å²) in [6.07, 6.45) is -8.79. The predicted molar refractivity (Wildman–Crippen MR) is 159 cm³/mol. The van der Waals surface area contributed by atoms with E-state index in [9.17, 15) is 23.1 Å². The first-order valence-corrected chi connectivity index (χ1v) is 16.0. The zero-order chi connectivity index (χ0) is 32.6. The van der Waals surface area contributed by atoms with E-state index >= 15 is 0 Å². The van der Waals surface area contributed by atoms with Gasteiger partial charge in [-0.25, -0.2) is 8.42 Å². The quantitative estimate of drug-likeness (QED) is 0.449. The zero-order valence-corrected chi connectivity index (χ0v) is 27.2. The van der Waals surface area contributed by atoms with Gasteiger partial charge in [0.05, 0.1) is 15.7 Å². The number of ether oxygens (including phenoxy) is 5. The van der Waals surface area contributed by atoms with Gasteiger partial charge in [0, 0.05) is 13.7 Å². The molecule has 2 heterocycles. The van der Waals surface area contributed by atoms with E-state index in [1.54, 1.807) is 84.0 Å². The molecule has 11 nitrogen and oxygen atoms in total. The van der Waals surface area contributed by atoms with E-state index in [2.05, 4.69) is 0 Å². The molecule has 7 atom stereocenters. The molecule has 44 heavy (non-hydrogen) atoms. The van der Waals surface area contributed by atoms with Crippen molar-refractivity contribution in [3.8, 4) is 0 Å². The number of aliphatic hydroxyl groups excluding tert-OH is 1. The number of hydrogen-bond acceptors (Lipinski definition) is 10. The van der Waals surface area contributed by atoms with E-state index in [0.29, 0.717) is 5.56 Å². The molecule has 0 radical (unpaired) electrons. The fraction of sp³-hybridized carbons (Fsp3) is 0.562. The van der Waals surface area contributed by atoms with Gasteiger partial charge in [-0.1, -0.05) is 48.0 Å². The van der Waals surface area contributed by atoms with Gasteiger partial charge >= 0.3 is 11.9 Å². The number of rotatable bonds is 7. The number of carbonyl (C=O) groups is 2. The van der Waals surface area contributed by atoms with Crippen LogP contribution < -0.4 is 0 Å². The van der Waals surface area contributed by atoms with Crippen molar-refractivity contribution in [1.82, 2.24) is 4.31 Å². The smallest absolute Gasteiger partial charge is 0.311 e. The molecule has 2 aliphatic rings. The molecule has 0 amide bonds. The van der Waals surface area contributed by atoms with Gasteiger partial charge in [0.1, 0.15) is 18.3 Å². The minimum Gasteiger partial charge on any atom is -0.455 e. The summed E-state index contributed by atoms with van der Waals surface area (Å²) in [5.74, 6) is -1.20. The van der Waals surface area contributed by atoms with E-state index < -0.39 is 75.8 Å². The van der Waals surface area contributed by atoms with Gasteiger partial charge in [0.2, 0.25) is 10.0 Å². The van der Waals surface area contributed by atoms with E-state index in [4.69, 9.17) is 23.7 Å². The Balaban J connectivity index is 1.81. The fourth-order valence-electron chi connectivity index (χ4n) is 4.88. The molecule has 2 saturated heterocycles. The SMILES string of the molecule is CO[C@H]1O[C@@H]2CN(S(=O)(=O)c3ccc(C)cc3)C([C@@H](O)c3ccccc3)O[C@H]2[C@@H](OC(=O)C(C)(C)C)[C@H]1OC(=O)C(C)(C)C. The first-order chi connectivity index (χ1) is 20.4. The van der Waals surface area contributed by atoms with Crippen LogP contribution in [-0.4, -0.2) is 80.4 Å². The average molecular weight is 634 g/mol. The lowest BCUT2D eigenvalue weighted by atomic mass is 9.93. The second-order valence-electron chi connectivity index (χ2n) is 13.3. The number of carbonyl (C=O) groups excluding carboxylic acids is 2. The molecular weight excluding hydrogens is 590 g/mol. The van der Waals surface area contributed by atoms with Gasteiger partial charge in [-0.2, -0.15) is 4.31 Å². The van der Waals surface area contributed by atoms with E-state index in [-0.39, 0.29) is 11.4 Å². The summed E-state index contributed by atoms with van der Waals surface area (Å²) in [4.78, 5) is 26.3. The van der Waals surface area contributed by atoms with Crippen LogP contribution in [-0.2, 0) is 43.3 Å². The lowest BCUT2D eigenvalue weighted by molar-refractivity contribution is -0.335. The summed E-state index contributed by atoms with van der Waals surface area (Å²) >= 11 is 0. The highest BCUT2D eigenvalue weighted by atomic mass is 32.2. The topological polar surface area (TPSA) is 138 Å². The largest absolute Gasteiger partial charge is 0.455 e. The van der Waals surface area contributed by atoms with Gasteiger partial charge in [0.25, 0.3) is 0 Å². The summed E-state index contributed by atoms with van der Waals surface area (Å²) in [5.41, 5.74) is -0.567. The highest BCUT2D eigenvalue weighted by molar-refractivity contribution is 7.89. The number of hydrogen-bond donors (Lipinski definition) is 1. The zero-order valence-electron chi connectivity index (χ0n) is 26.4. The Bertz CT molecular complexity index is 1420. The number of aliphatic hydroxyl groups is 1. The number of methoxy groups -OCH3 is 1. The summed E-state index contributed by atoms with van der Waals surface area (Å²) in [7, 11) is -2.89. The molecule has 1 unspecified atom stereocenters. The standard InChI is InChI=1S/C32H43NO10S/c1-19-14-16-21(17-15-19)44(37,38)33-18-22-24(41-27(33)23(34)20-12-10-9-11-13-20)25(42-29(35)31(2,3)4)26(28(39-8)40-22)43-30(36)32(5,6)7/h9-17,22-28,34H,18H2,1-8H3/t22-,23+,24-,25-,26-,27?,28+/m1/s1. The molecule has 2 fully saturated rings. The number of benzene rings is 2. The van der Waals surface area contributed by atoms with Gasteiger partial charge in [0.15, 0.2) is 24.7 Å². The molecule has 12 heteroatoms. The van der Waals surface area contributed by atoms with Gasteiger partial charge in [-0.3, -0.25) is 9.59 Å². The summed E-state index contributed by atoms with van der Waals surface area (Å²) in [6, 6.07) is 14.8. The van der Waals surface area contributed by atoms with E-state index in [1.807, 2.05) is 6.92 Å². The molecule has 2 aromatic rings. The average Bonchev–Trinajstić information content (AvgIpc) is 2.96. The first kappa shape index (κ1) is 34.0. The Kier molecular flexibility index (Phi) is 9.94. The van der Waals surface area contributed by atoms with Gasteiger partial charge < -0.3 is 28.8 Å². The van der Waals surface area contributed by atoms with E-state index in [0.717, 1.165) is 9.87 Å². The molecule has 242 valence electrons. The molecule has 2 aliphatic heterocycles. The van der Waals surface area contributed by atoms with Crippen molar-refractivity contribution in [1.29, 1.82) is 0 Å². The molecular formula is C32H43NO10S. The van der Waals surface area contributed by atoms with Crippen LogP contribution in [0, 0.1) is 17.8 Å². The lowest BCUT2D eigenvalue weighted by Crippen LogP contribution is -2.69. The Hall–Kier alpha value is -2.87. The van der Waals surface area contributed by atoms with Crippen LogP contribution in [0.2, 0.25) is 0 Å². The van der Waals surface area contributed by atoms with Crippen molar-refractivity contribution < 1.29 is 46.8 Å². The molecule has 0 saturated carbocycles. The Morgan fingerprint density at radius 1 is 0.886 bits per heavy atom. The lowest BCUT2D eigenvalue weighted by Gasteiger charge is -2.51. The number of aryl methyl sites for hydroxylation is 1. The summed E-state index contributed by atoms with van der Waals surface area (Å²) < 4.78 is 59.2. The second kappa shape index (κ2) is 12.9. The number of fused-ring (bicyclic) bond motifs is 1. The van der Waals surface area contributed by atoms with Crippen LogP contribution in [0.3, 0.4) is 0 Å². The first-order valence-electron chi connectivity index (χ1n) is 14.5. The minimum atomic E-state index is -4.24. The molecule has 1 N–H and O–H groups in total. The summed E-state index contributed by atoms with van der Waals surface area (Å²) in [6.45, 7) is 11.6. The summed E-state index contributed by atoms with van der Waals surface area (Å²) in [5, 5.41) is 11.6. The molecule has 0 spiro atoms. The van der Waals surface area contributed by atoms with Crippen LogP contribution in [0.4, 0.5) is 0 Å². The van der Waals surface area contributed by atoms with Crippen molar-refractivity contribution in [3.05, 3.63) is 65.7 Å². The van der Waals surface area contributed by atoms with Crippen molar-refractivity contribution in [2.75, 3.05) is 13.7 Å². The van der Waals surface area contributed by atoms with Crippen LogP contribution in [0.15, 0.2) is 59.5 Å². The Morgan fingerprint density at radius 2 is 1.43 bits per heavy atom. The van der Waals surface area contributed by atoms with Crippen LogP contribution in [0.25, 0.3) is 0 Å². The molecule has 0 bridgehead atoms. The molecule has 2 aromatic carbocycles. The molecule has 4 rings (SSSR count). The maximum atomic E-state index is 14.1. The third-order valence-electron chi connectivity index (χ3n) is 7.51. The van der Waals surface area contributed by atoms with Crippen molar-refractivity contribution in [2.24, 2.45) is 10.8 Å². The fourth-order valence-corrected chi connectivity index (χ4v) is 6.41. The third kappa shape index (κ3) is 7.16. The minimum absolute atomic E-state index is 0.00204. The van der Waals surface area contributed by atoms with Gasteiger partial charge in [-0.05, 0) is 66.2 Å². The van der Waals surface area contributed by atoms with Gasteiger partial charge in [-0.15, -0.1) is 0 Å². The molecule has 0 aromatic heterocycles. The highest BCUT2D eigenvalue weighted by Crippen LogP contribution is 2.40. The number of nitrogens with zero attached hydrogens (tertiary/aromatic N) is 1. The van der Waals surface area contributed by atoms with Crippen molar-refractivity contribution in [3.63, 3.8) is 0 Å². The van der Waals surface area contributed by atoms with Crippen molar-refractivity contribution in [2.45, 2.75) is 96.4 Å². The maximum absolute atomic E-state index is 14.1. The monoisotopic (exact) mass is 633 g/mol. The Labute approximate surface area is 259 Å². The Morgan fingerprint density at radius 3 is 1.95 bits per heavy atom. The molecule has 0 aliphatic carbocycles. The van der Waals surface area contributed by atoms with Crippen LogP contribution in [0.5, 0.6) is 0 Å². The maximum Gasteiger partial charge on any atom is 0.311 e. The third-order valence-corrected chi connectivity index (χ3v) is 9.36. The van der Waals surface area contributed by atoms with Crippen molar-refractivity contribution >= 4 is 22.0 Å². The predicted octanol–water partition coefficient (Wildman–Crippen LogP) is 3.73. The van der Waals surface area contributed by atoms with Crippen LogP contribution in [0.1, 0.15) is 58.8 Å². The number of sulfonamides is 1. The van der Waals surface area contributed by atoms with E-state index in [1.165, 1.54) is 19.2 Å². The van der Waals surface area contributed by atoms with Crippen LogP contribution >= 0.6 is 0 Å².